The van der Waals surface area contributed by atoms with Crippen LogP contribution in [0.25, 0.3) is 21.5 Å². The molecule has 0 spiro atoms. The average Bonchev–Trinajstić information content (AvgIpc) is 2.91. The number of benzene rings is 5. The molecule has 0 aliphatic carbocycles. The van der Waals surface area contributed by atoms with E-state index in [-0.39, 0.29) is 69.9 Å². The maximum absolute atomic E-state index is 13.0. The van der Waals surface area contributed by atoms with E-state index in [9.17, 15) is 31.0 Å². The van der Waals surface area contributed by atoms with Gasteiger partial charge in [0.1, 0.15) is 10.1 Å². The summed E-state index contributed by atoms with van der Waals surface area (Å²) < 4.78 is 67.7. The quantitative estimate of drug-likeness (QED) is 0.110. The molecular weight excluding hydrogens is 604 g/mol. The zero-order valence-corrected chi connectivity index (χ0v) is 27.8. The van der Waals surface area contributed by atoms with Crippen molar-refractivity contribution in [2.75, 3.05) is 5.73 Å². The molecule has 0 amide bonds. The summed E-state index contributed by atoms with van der Waals surface area (Å²) in [4.78, 5) is -1.70. The summed E-state index contributed by atoms with van der Waals surface area (Å²) >= 11 is 0. The van der Waals surface area contributed by atoms with Crippen LogP contribution in [0.5, 0.6) is 5.75 Å². The Morgan fingerprint density at radius 1 is 0.690 bits per heavy atom. The Labute approximate surface area is 284 Å². The van der Waals surface area contributed by atoms with Gasteiger partial charge in [-0.3, -0.25) is 4.55 Å². The van der Waals surface area contributed by atoms with Crippen molar-refractivity contribution >= 4 is 70.2 Å². The number of nitrogens with two attached hydrogens (primary N) is 1. The number of nitrogens with zero attached hydrogens (tertiary/aromatic N) is 4. The monoisotopic (exact) mass is 621 g/mol. The molecule has 3 N–H and O–H groups in total. The van der Waals surface area contributed by atoms with Gasteiger partial charge in [0.25, 0.3) is 10.1 Å². The van der Waals surface area contributed by atoms with Crippen LogP contribution in [0.4, 0.5) is 28.4 Å². The Bertz CT molecular complexity index is 2090. The standard InChI is InChI=1S/C26H19N5O7S2.2Na/c27-16-5-7-17(8-6-16)28-29-22-11-12-23(21-4-2-1-3-20(21)22)30-31-25-19-10-9-18(39(33,34)35)13-15(19)14-24(26(25)32)40(36,37)38;;/h1-14,32H,27H2,(H,33,34,35)(H,36,37,38);;/q;2*+1/p-2. The SMILES string of the molecule is Nc1ccc(N=Nc2ccc(N=Nc3c([O-])c(S(=O)(=O)O)cc4cc(S(=O)(=O)[O-])ccc34)c3ccccc23)cc1.[Na+].[Na+]. The van der Waals surface area contributed by atoms with Gasteiger partial charge in [-0.15, -0.1) is 10.2 Å². The largest absolute Gasteiger partial charge is 1.00 e. The second-order valence-corrected chi connectivity index (χ2v) is 11.3. The second-order valence-electron chi connectivity index (χ2n) is 8.51. The van der Waals surface area contributed by atoms with Crippen molar-refractivity contribution in [2.24, 2.45) is 20.5 Å². The summed E-state index contributed by atoms with van der Waals surface area (Å²) in [5, 5.41) is 30.8. The van der Waals surface area contributed by atoms with Crippen LogP contribution in [0.15, 0.2) is 115 Å². The van der Waals surface area contributed by atoms with E-state index in [0.29, 0.717) is 33.5 Å². The molecule has 0 unspecified atom stereocenters. The fourth-order valence-electron chi connectivity index (χ4n) is 3.97. The zero-order chi connectivity index (χ0) is 28.7. The minimum Gasteiger partial charge on any atom is -0.870 e. The van der Waals surface area contributed by atoms with Crippen molar-refractivity contribution in [1.82, 2.24) is 0 Å². The van der Waals surface area contributed by atoms with Gasteiger partial charge in [0.15, 0.2) is 0 Å². The summed E-state index contributed by atoms with van der Waals surface area (Å²) in [6, 6.07) is 20.8. The van der Waals surface area contributed by atoms with E-state index in [1.807, 2.05) is 0 Å². The first kappa shape index (κ1) is 33.7. The van der Waals surface area contributed by atoms with Crippen molar-refractivity contribution in [3.8, 4) is 5.75 Å². The maximum atomic E-state index is 13.0. The van der Waals surface area contributed by atoms with Gasteiger partial charge < -0.3 is 15.4 Å². The van der Waals surface area contributed by atoms with Gasteiger partial charge in [-0.1, -0.05) is 36.1 Å². The van der Waals surface area contributed by atoms with E-state index >= 15 is 0 Å². The molecular formula is C26H17N5Na2O7S2. The number of hydrogen-bond donors (Lipinski definition) is 2. The van der Waals surface area contributed by atoms with Crippen molar-refractivity contribution in [1.29, 1.82) is 0 Å². The van der Waals surface area contributed by atoms with Gasteiger partial charge in [-0.25, -0.2) is 8.42 Å². The Morgan fingerprint density at radius 3 is 1.81 bits per heavy atom. The third-order valence-electron chi connectivity index (χ3n) is 5.87. The first-order chi connectivity index (χ1) is 18.9. The molecule has 0 fully saturated rings. The fourth-order valence-corrected chi connectivity index (χ4v) is 5.08. The second kappa shape index (κ2) is 13.3. The molecule has 12 nitrogen and oxygen atoms in total. The smallest absolute Gasteiger partial charge is 0.870 e. The van der Waals surface area contributed by atoms with E-state index in [1.165, 1.54) is 0 Å². The molecule has 5 rings (SSSR count). The van der Waals surface area contributed by atoms with Crippen molar-refractivity contribution in [3.63, 3.8) is 0 Å². The summed E-state index contributed by atoms with van der Waals surface area (Å²) in [6.07, 6.45) is 0. The maximum Gasteiger partial charge on any atom is 1.00 e. The van der Waals surface area contributed by atoms with Crippen LogP contribution in [0, 0.1) is 0 Å². The third kappa shape index (κ3) is 7.23. The van der Waals surface area contributed by atoms with E-state index < -0.39 is 41.5 Å². The van der Waals surface area contributed by atoms with Gasteiger partial charge >= 0.3 is 59.1 Å². The van der Waals surface area contributed by atoms with Crippen LogP contribution in [0.2, 0.25) is 0 Å². The molecule has 0 saturated carbocycles. The minimum absolute atomic E-state index is 0. The van der Waals surface area contributed by atoms with Crippen LogP contribution in [0.1, 0.15) is 0 Å². The van der Waals surface area contributed by atoms with Crippen LogP contribution in [-0.4, -0.2) is 25.9 Å². The van der Waals surface area contributed by atoms with E-state index in [0.717, 1.165) is 24.3 Å². The molecule has 0 aliphatic heterocycles. The molecule has 5 aromatic carbocycles. The first-order valence-electron chi connectivity index (χ1n) is 11.3. The molecule has 0 radical (unpaired) electrons. The van der Waals surface area contributed by atoms with E-state index in [4.69, 9.17) is 5.73 Å². The molecule has 16 heteroatoms. The average molecular weight is 622 g/mol. The van der Waals surface area contributed by atoms with Gasteiger partial charge in [0.2, 0.25) is 0 Å². The zero-order valence-electron chi connectivity index (χ0n) is 22.2. The number of fused-ring (bicyclic) bond motifs is 2. The molecule has 5 aromatic rings. The summed E-state index contributed by atoms with van der Waals surface area (Å²) in [7, 11) is -9.91. The Morgan fingerprint density at radius 2 is 1.26 bits per heavy atom. The number of azo groups is 2. The minimum atomic E-state index is -5.02. The Balaban J connectivity index is 0.00000242. The predicted molar refractivity (Wildman–Crippen MR) is 144 cm³/mol. The normalized spacial score (nSPS) is 12.0. The van der Waals surface area contributed by atoms with E-state index in [2.05, 4.69) is 20.5 Å². The van der Waals surface area contributed by atoms with Gasteiger partial charge in [-0.2, -0.15) is 18.6 Å². The summed E-state index contributed by atoms with van der Waals surface area (Å²) in [6.45, 7) is 0. The Kier molecular flexibility index (Phi) is 10.7. The predicted octanol–water partition coefficient (Wildman–Crippen LogP) is -0.362. The topological polar surface area (TPSA) is 210 Å². The van der Waals surface area contributed by atoms with Crippen molar-refractivity contribution in [2.45, 2.75) is 9.79 Å². The first-order valence-corrected chi connectivity index (χ1v) is 14.2. The van der Waals surface area contributed by atoms with Crippen molar-refractivity contribution < 1.29 is 90.2 Å². The molecule has 202 valence electrons. The third-order valence-corrected chi connectivity index (χ3v) is 7.56. The number of nitrogen functional groups attached to an aromatic ring is 1. The molecule has 42 heavy (non-hydrogen) atoms. The fraction of sp³-hybridized carbons (Fsp3) is 0. The number of anilines is 1. The van der Waals surface area contributed by atoms with Crippen LogP contribution >= 0.6 is 0 Å². The van der Waals surface area contributed by atoms with Gasteiger partial charge in [0.05, 0.1) is 32.5 Å². The van der Waals surface area contributed by atoms with Crippen molar-refractivity contribution in [3.05, 3.63) is 84.9 Å². The summed E-state index contributed by atoms with van der Waals surface area (Å²) in [5.41, 5.74) is 7.21. The van der Waals surface area contributed by atoms with Crippen LogP contribution < -0.4 is 70.0 Å². The number of hydrogen-bond acceptors (Lipinski definition) is 11. The van der Waals surface area contributed by atoms with E-state index in [1.54, 1.807) is 60.7 Å². The molecule has 0 aromatic heterocycles. The van der Waals surface area contributed by atoms with Crippen LogP contribution in [0.3, 0.4) is 0 Å². The number of rotatable bonds is 6. The van der Waals surface area contributed by atoms with Crippen LogP contribution in [-0.2, 0) is 20.2 Å². The molecule has 0 heterocycles. The Hall–Kier alpha value is -2.76. The van der Waals surface area contributed by atoms with Gasteiger partial charge in [0, 0.05) is 21.8 Å². The molecule has 0 bridgehead atoms. The van der Waals surface area contributed by atoms with Gasteiger partial charge in [-0.05, 0) is 60.0 Å². The molecule has 0 atom stereocenters. The summed E-state index contributed by atoms with van der Waals surface area (Å²) in [5.74, 6) is -1.16. The molecule has 0 saturated heterocycles. The molecule has 0 aliphatic rings.